The first-order chi connectivity index (χ1) is 15.8. The average molecular weight is 463 g/mol. The smallest absolute Gasteiger partial charge is 0.310 e. The molecule has 178 valence electrons. The minimum Gasteiger partial charge on any atom is -0.497 e. The van der Waals surface area contributed by atoms with E-state index in [-0.39, 0.29) is 13.8 Å². The molecule has 0 fully saturated rings. The molecule has 0 spiro atoms. The molecule has 0 aromatic heterocycles. The van der Waals surface area contributed by atoms with E-state index in [1.807, 2.05) is 72.8 Å². The molecule has 0 heterocycles. The third-order valence-corrected chi connectivity index (χ3v) is 5.41. The van der Waals surface area contributed by atoms with Crippen LogP contribution in [-0.2, 0) is 16.0 Å². The van der Waals surface area contributed by atoms with Gasteiger partial charge in [-0.05, 0) is 63.9 Å². The third kappa shape index (κ3) is 6.48. The lowest BCUT2D eigenvalue weighted by Crippen LogP contribution is -2.06. The Hall–Kier alpha value is -4.06. The summed E-state index contributed by atoms with van der Waals surface area (Å²) in [6.07, 6.45) is 0.0575. The van der Waals surface area contributed by atoms with Gasteiger partial charge in [-0.2, -0.15) is 0 Å². The van der Waals surface area contributed by atoms with Crippen molar-refractivity contribution in [3.05, 3.63) is 83.9 Å². The van der Waals surface area contributed by atoms with Crippen molar-refractivity contribution in [2.24, 2.45) is 0 Å². The topological polar surface area (TPSA) is 93.1 Å². The van der Waals surface area contributed by atoms with Gasteiger partial charge in [0.2, 0.25) is 0 Å². The highest BCUT2D eigenvalue weighted by Gasteiger charge is 2.13. The first-order valence-corrected chi connectivity index (χ1v) is 10.4. The van der Waals surface area contributed by atoms with E-state index in [1.54, 1.807) is 21.1 Å². The van der Waals surface area contributed by atoms with E-state index in [9.17, 15) is 9.59 Å². The van der Waals surface area contributed by atoms with Crippen molar-refractivity contribution in [3.8, 4) is 11.5 Å². The molecule has 0 unspecified atom stereocenters. The van der Waals surface area contributed by atoms with Crippen LogP contribution in [0.5, 0.6) is 11.5 Å². The minimum absolute atomic E-state index is 0. The Morgan fingerprint density at radius 3 is 1.71 bits per heavy atom. The van der Waals surface area contributed by atoms with Gasteiger partial charge in [-0.1, -0.05) is 56.0 Å². The molecule has 0 amide bonds. The summed E-state index contributed by atoms with van der Waals surface area (Å²) in [4.78, 5) is 21.5. The van der Waals surface area contributed by atoms with E-state index in [0.29, 0.717) is 0 Å². The highest BCUT2D eigenvalue weighted by Crippen LogP contribution is 2.25. The summed E-state index contributed by atoms with van der Waals surface area (Å²) >= 11 is 0. The first-order valence-electron chi connectivity index (χ1n) is 10.4. The van der Waals surface area contributed by atoms with E-state index >= 15 is 0 Å². The van der Waals surface area contributed by atoms with Gasteiger partial charge in [0.25, 0.3) is 0 Å². The number of rotatable bonds is 6. The van der Waals surface area contributed by atoms with Crippen LogP contribution in [0.1, 0.15) is 31.4 Å². The summed E-state index contributed by atoms with van der Waals surface area (Å²) in [7, 11) is 3.25. The average Bonchev–Trinajstić information content (AvgIpc) is 2.82. The normalized spacial score (nSPS) is 11.0. The van der Waals surface area contributed by atoms with Crippen molar-refractivity contribution in [1.82, 2.24) is 0 Å². The van der Waals surface area contributed by atoms with Crippen molar-refractivity contribution < 1.29 is 29.3 Å². The predicted molar refractivity (Wildman–Crippen MR) is 135 cm³/mol. The van der Waals surface area contributed by atoms with Crippen molar-refractivity contribution in [3.63, 3.8) is 0 Å². The summed E-state index contributed by atoms with van der Waals surface area (Å²) in [5, 5.41) is 21.8. The number of methoxy groups -OCH3 is 2. The molecule has 4 aromatic carbocycles. The zero-order valence-electron chi connectivity index (χ0n) is 18.7. The summed E-state index contributed by atoms with van der Waals surface area (Å²) in [5.41, 5.74) is 1.63. The maximum atomic E-state index is 10.9. The fourth-order valence-electron chi connectivity index (χ4n) is 3.47. The van der Waals surface area contributed by atoms with Crippen LogP contribution >= 0.6 is 0 Å². The predicted octanol–water partition coefficient (Wildman–Crippen LogP) is 6.15. The number of hydrogen-bond acceptors (Lipinski definition) is 4. The quantitative estimate of drug-likeness (QED) is 0.357. The number of carbonyl (C=O) groups is 2. The highest BCUT2D eigenvalue weighted by molar-refractivity contribution is 5.87. The van der Waals surface area contributed by atoms with Crippen LogP contribution in [0, 0.1) is 0 Å². The molecule has 0 aliphatic carbocycles. The number of fused-ring (bicyclic) bond motifs is 2. The Kier molecular flexibility index (Phi) is 9.01. The lowest BCUT2D eigenvalue weighted by molar-refractivity contribution is -0.138. The van der Waals surface area contributed by atoms with Gasteiger partial charge in [-0.15, -0.1) is 0 Å². The number of hydrogen-bond donors (Lipinski definition) is 2. The summed E-state index contributed by atoms with van der Waals surface area (Å²) in [6, 6.07) is 22.8. The molecule has 0 bridgehead atoms. The molecule has 0 radical (unpaired) electrons. The van der Waals surface area contributed by atoms with Gasteiger partial charge < -0.3 is 19.7 Å². The number of ether oxygens (including phenoxy) is 2. The molecule has 2 N–H and O–H groups in total. The fourth-order valence-corrected chi connectivity index (χ4v) is 3.47. The molecule has 0 aliphatic rings. The molecule has 6 heteroatoms. The van der Waals surface area contributed by atoms with E-state index in [0.717, 1.165) is 44.2 Å². The van der Waals surface area contributed by atoms with Crippen molar-refractivity contribution in [1.29, 1.82) is 0 Å². The number of aliphatic carboxylic acids is 2. The third-order valence-electron chi connectivity index (χ3n) is 5.41. The van der Waals surface area contributed by atoms with E-state index in [2.05, 4.69) is 0 Å². The molecule has 6 nitrogen and oxygen atoms in total. The van der Waals surface area contributed by atoms with Gasteiger partial charge in [0.1, 0.15) is 11.5 Å². The van der Waals surface area contributed by atoms with Crippen molar-refractivity contribution in [2.45, 2.75) is 26.7 Å². The molecule has 0 saturated carbocycles. The van der Waals surface area contributed by atoms with Crippen LogP contribution < -0.4 is 9.47 Å². The van der Waals surface area contributed by atoms with Gasteiger partial charge in [-0.3, -0.25) is 9.59 Å². The zero-order valence-corrected chi connectivity index (χ0v) is 18.7. The Balaban J connectivity index is 0.000000234. The molecular weight excluding hydrogens is 432 g/mol. The van der Waals surface area contributed by atoms with Gasteiger partial charge >= 0.3 is 11.9 Å². The Labute approximate surface area is 199 Å². The zero-order chi connectivity index (χ0) is 24.0. The summed E-state index contributed by atoms with van der Waals surface area (Å²) in [5.74, 6) is -0.498. The Morgan fingerprint density at radius 2 is 1.21 bits per heavy atom. The van der Waals surface area contributed by atoms with Crippen LogP contribution in [0.3, 0.4) is 0 Å². The Bertz CT molecular complexity index is 1290. The number of carboxylic acid groups (broad SMARTS) is 2. The minimum atomic E-state index is -0.812. The van der Waals surface area contributed by atoms with Crippen LogP contribution in [0.4, 0.5) is 0 Å². The van der Waals surface area contributed by atoms with E-state index in [1.165, 1.54) is 0 Å². The van der Waals surface area contributed by atoms with Crippen LogP contribution in [0.15, 0.2) is 72.8 Å². The molecular formula is C28H30O6. The van der Waals surface area contributed by atoms with Gasteiger partial charge in [0, 0.05) is 0 Å². The second-order valence-electron chi connectivity index (χ2n) is 7.65. The molecule has 4 aromatic rings. The molecule has 0 saturated heterocycles. The maximum Gasteiger partial charge on any atom is 0.310 e. The standard InChI is InChI=1S/C14H14O3.C13H12O3.CH4/c1-9(14(15)16)10-3-4-12-8-13(17-2)6-5-11(12)7-10;1-16-12-5-4-10-6-9(7-13(14)15)2-3-11(10)8-12;/h3-9H,1-2H3,(H,15,16);2-6,8H,7H2,1H3,(H,14,15);1H4/t9-;;/m0../s1. The lowest BCUT2D eigenvalue weighted by atomic mass is 9.98. The van der Waals surface area contributed by atoms with E-state index < -0.39 is 17.9 Å². The Morgan fingerprint density at radius 1 is 0.735 bits per heavy atom. The van der Waals surface area contributed by atoms with Crippen LogP contribution in [0.2, 0.25) is 0 Å². The second kappa shape index (κ2) is 11.7. The van der Waals surface area contributed by atoms with Crippen LogP contribution in [0.25, 0.3) is 21.5 Å². The van der Waals surface area contributed by atoms with Crippen molar-refractivity contribution >= 4 is 33.5 Å². The second-order valence-corrected chi connectivity index (χ2v) is 7.65. The summed E-state index contributed by atoms with van der Waals surface area (Å²) < 4.78 is 10.3. The lowest BCUT2D eigenvalue weighted by Gasteiger charge is -2.08. The van der Waals surface area contributed by atoms with Crippen LogP contribution in [-0.4, -0.2) is 36.4 Å². The monoisotopic (exact) mass is 462 g/mol. The largest absolute Gasteiger partial charge is 0.497 e. The van der Waals surface area contributed by atoms with Gasteiger partial charge in [0.15, 0.2) is 0 Å². The molecule has 0 aliphatic heterocycles. The molecule has 34 heavy (non-hydrogen) atoms. The molecule has 1 atom stereocenters. The maximum absolute atomic E-state index is 10.9. The van der Waals surface area contributed by atoms with Gasteiger partial charge in [0.05, 0.1) is 26.6 Å². The van der Waals surface area contributed by atoms with Gasteiger partial charge in [-0.25, -0.2) is 0 Å². The highest BCUT2D eigenvalue weighted by atomic mass is 16.5. The number of benzene rings is 4. The van der Waals surface area contributed by atoms with Crippen molar-refractivity contribution in [2.75, 3.05) is 14.2 Å². The first kappa shape index (κ1) is 26.2. The van der Waals surface area contributed by atoms with E-state index in [4.69, 9.17) is 19.7 Å². The SMILES string of the molecule is C.COc1ccc2cc(CC(=O)O)ccc2c1.COc1ccc2cc([C@H](C)C(=O)O)ccc2c1. The molecule has 4 rings (SSSR count). The summed E-state index contributed by atoms with van der Waals surface area (Å²) in [6.45, 7) is 1.69. The number of carboxylic acids is 2. The fraction of sp³-hybridized carbons (Fsp3) is 0.214.